The largest absolute Gasteiger partial charge is 0.497 e. The van der Waals surface area contributed by atoms with Crippen LogP contribution in [0.5, 0.6) is 16.7 Å². The number of methoxy groups -OCH3 is 1. The van der Waals surface area contributed by atoms with Crippen LogP contribution in [-0.4, -0.2) is 17.3 Å². The van der Waals surface area contributed by atoms with Gasteiger partial charge in [0.2, 0.25) is 0 Å². The van der Waals surface area contributed by atoms with Crippen LogP contribution in [0.1, 0.15) is 0 Å². The maximum atomic E-state index is 5.76. The van der Waals surface area contributed by atoms with Crippen molar-refractivity contribution in [2.75, 3.05) is 12.8 Å². The summed E-state index contributed by atoms with van der Waals surface area (Å²) >= 11 is 1.31. The molecule has 0 unspecified atom stereocenters. The van der Waals surface area contributed by atoms with Gasteiger partial charge < -0.3 is 15.2 Å². The van der Waals surface area contributed by atoms with Gasteiger partial charge in [0.05, 0.1) is 12.8 Å². The van der Waals surface area contributed by atoms with E-state index in [1.165, 1.54) is 11.3 Å². The van der Waals surface area contributed by atoms with E-state index in [9.17, 15) is 0 Å². The second-order valence-electron chi connectivity index (χ2n) is 2.71. The first-order chi connectivity index (χ1) is 7.29. The van der Waals surface area contributed by atoms with E-state index in [-0.39, 0.29) is 0 Å². The molecule has 0 aliphatic rings. The third kappa shape index (κ3) is 2.16. The molecule has 78 valence electrons. The van der Waals surface area contributed by atoms with Crippen molar-refractivity contribution in [3.63, 3.8) is 0 Å². The minimum absolute atomic E-state index is 0.465. The Bertz CT molecular complexity index is 445. The molecular weight excluding hydrogens is 214 g/mol. The lowest BCUT2D eigenvalue weighted by atomic mass is 10.3. The van der Waals surface area contributed by atoms with Crippen LogP contribution in [0.25, 0.3) is 0 Å². The van der Waals surface area contributed by atoms with Gasteiger partial charge in [0.1, 0.15) is 11.3 Å². The van der Waals surface area contributed by atoms with Crippen molar-refractivity contribution in [3.05, 3.63) is 23.7 Å². The summed E-state index contributed by atoms with van der Waals surface area (Å²) in [6.07, 6.45) is 0. The predicted octanol–water partition coefficient (Wildman–Crippen LogP) is 1.92. The molecule has 0 saturated heterocycles. The highest BCUT2D eigenvalue weighted by molar-refractivity contribution is 7.11. The Morgan fingerprint density at radius 3 is 2.87 bits per heavy atom. The Balaban J connectivity index is 2.22. The SMILES string of the molecule is COc1ccc(Oc2nncs2)c(N)c1. The van der Waals surface area contributed by atoms with Gasteiger partial charge in [-0.05, 0) is 12.1 Å². The third-order valence-electron chi connectivity index (χ3n) is 1.75. The van der Waals surface area contributed by atoms with E-state index in [4.69, 9.17) is 15.2 Å². The fourth-order valence-corrected chi connectivity index (χ4v) is 1.46. The molecule has 5 nitrogen and oxygen atoms in total. The third-order valence-corrected chi connectivity index (χ3v) is 2.32. The van der Waals surface area contributed by atoms with Crippen LogP contribution in [0.3, 0.4) is 0 Å². The molecule has 1 heterocycles. The number of nitrogen functional groups attached to an aromatic ring is 1. The van der Waals surface area contributed by atoms with E-state index >= 15 is 0 Å². The van der Waals surface area contributed by atoms with Crippen molar-refractivity contribution in [3.8, 4) is 16.7 Å². The zero-order valence-corrected chi connectivity index (χ0v) is 8.82. The average molecular weight is 223 g/mol. The molecule has 0 fully saturated rings. The van der Waals surface area contributed by atoms with E-state index < -0.39 is 0 Å². The molecule has 0 atom stereocenters. The Morgan fingerprint density at radius 1 is 1.40 bits per heavy atom. The maximum absolute atomic E-state index is 5.76. The fraction of sp³-hybridized carbons (Fsp3) is 0.111. The molecule has 1 aromatic carbocycles. The van der Waals surface area contributed by atoms with Crippen LogP contribution in [0.4, 0.5) is 5.69 Å². The topological polar surface area (TPSA) is 70.3 Å². The van der Waals surface area contributed by atoms with Gasteiger partial charge in [-0.15, -0.1) is 5.10 Å². The monoisotopic (exact) mass is 223 g/mol. The summed E-state index contributed by atoms with van der Waals surface area (Å²) in [5.41, 5.74) is 7.86. The van der Waals surface area contributed by atoms with Crippen LogP contribution in [-0.2, 0) is 0 Å². The number of ether oxygens (including phenoxy) is 2. The van der Waals surface area contributed by atoms with Crippen molar-refractivity contribution in [2.45, 2.75) is 0 Å². The molecule has 0 bridgehead atoms. The Kier molecular flexibility index (Phi) is 2.68. The number of anilines is 1. The Hall–Kier alpha value is -1.82. The van der Waals surface area contributed by atoms with E-state index in [1.54, 1.807) is 30.8 Å². The number of benzene rings is 1. The lowest BCUT2D eigenvalue weighted by molar-refractivity contribution is 0.413. The van der Waals surface area contributed by atoms with Crippen LogP contribution < -0.4 is 15.2 Å². The van der Waals surface area contributed by atoms with E-state index in [0.717, 1.165) is 0 Å². The quantitative estimate of drug-likeness (QED) is 0.805. The van der Waals surface area contributed by atoms with Gasteiger partial charge in [-0.2, -0.15) is 0 Å². The second kappa shape index (κ2) is 4.14. The number of hydrogen-bond acceptors (Lipinski definition) is 6. The highest BCUT2D eigenvalue weighted by atomic mass is 32.1. The number of rotatable bonds is 3. The molecule has 0 aliphatic heterocycles. The van der Waals surface area contributed by atoms with Crippen LogP contribution in [0.2, 0.25) is 0 Å². The number of nitrogens with zero attached hydrogens (tertiary/aromatic N) is 2. The molecule has 2 aromatic rings. The highest BCUT2D eigenvalue weighted by Crippen LogP contribution is 2.30. The number of aromatic nitrogens is 2. The minimum Gasteiger partial charge on any atom is -0.497 e. The van der Waals surface area contributed by atoms with Crippen LogP contribution in [0.15, 0.2) is 23.7 Å². The van der Waals surface area contributed by atoms with Crippen molar-refractivity contribution in [2.24, 2.45) is 0 Å². The first kappa shape index (κ1) is 9.72. The molecular formula is C9H9N3O2S. The van der Waals surface area contributed by atoms with Crippen molar-refractivity contribution in [1.82, 2.24) is 10.2 Å². The number of hydrogen-bond donors (Lipinski definition) is 1. The molecule has 0 saturated carbocycles. The fourth-order valence-electron chi connectivity index (χ4n) is 1.05. The summed E-state index contributed by atoms with van der Waals surface area (Å²) in [5, 5.41) is 7.88. The van der Waals surface area contributed by atoms with Gasteiger partial charge in [-0.25, -0.2) is 0 Å². The smallest absolute Gasteiger partial charge is 0.299 e. The van der Waals surface area contributed by atoms with Gasteiger partial charge >= 0.3 is 0 Å². The molecule has 6 heteroatoms. The zero-order chi connectivity index (χ0) is 10.7. The summed E-state index contributed by atoms with van der Waals surface area (Å²) in [4.78, 5) is 0. The first-order valence-electron chi connectivity index (χ1n) is 4.17. The molecule has 0 radical (unpaired) electrons. The van der Waals surface area contributed by atoms with Gasteiger partial charge in [0.25, 0.3) is 5.19 Å². The minimum atomic E-state index is 0.465. The van der Waals surface area contributed by atoms with Gasteiger partial charge in [-0.3, -0.25) is 0 Å². The van der Waals surface area contributed by atoms with Gasteiger partial charge in [0.15, 0.2) is 5.75 Å². The summed E-state index contributed by atoms with van der Waals surface area (Å²) in [6.45, 7) is 0. The molecule has 15 heavy (non-hydrogen) atoms. The summed E-state index contributed by atoms with van der Waals surface area (Å²) in [7, 11) is 1.58. The lowest BCUT2D eigenvalue weighted by Crippen LogP contribution is -1.93. The lowest BCUT2D eigenvalue weighted by Gasteiger charge is -2.06. The van der Waals surface area contributed by atoms with Crippen molar-refractivity contribution >= 4 is 17.0 Å². The van der Waals surface area contributed by atoms with Crippen molar-refractivity contribution < 1.29 is 9.47 Å². The second-order valence-corrected chi connectivity index (χ2v) is 3.51. The molecule has 0 spiro atoms. The Morgan fingerprint density at radius 2 is 2.27 bits per heavy atom. The van der Waals surface area contributed by atoms with Crippen molar-refractivity contribution in [1.29, 1.82) is 0 Å². The molecule has 0 aliphatic carbocycles. The normalized spacial score (nSPS) is 9.93. The molecule has 2 rings (SSSR count). The van der Waals surface area contributed by atoms with E-state index in [2.05, 4.69) is 10.2 Å². The summed E-state index contributed by atoms with van der Waals surface area (Å²) < 4.78 is 10.4. The van der Waals surface area contributed by atoms with Crippen LogP contribution >= 0.6 is 11.3 Å². The molecule has 0 amide bonds. The standard InChI is InChI=1S/C9H9N3O2S/c1-13-6-2-3-8(7(10)4-6)14-9-12-11-5-15-9/h2-5H,10H2,1H3. The molecule has 1 aromatic heterocycles. The summed E-state index contributed by atoms with van der Waals surface area (Å²) in [5.74, 6) is 1.24. The number of nitrogens with two attached hydrogens (primary N) is 1. The Labute approximate surface area is 90.5 Å². The van der Waals surface area contributed by atoms with Gasteiger partial charge in [-0.1, -0.05) is 16.4 Å². The average Bonchev–Trinajstić information content (AvgIpc) is 2.74. The summed E-state index contributed by atoms with van der Waals surface area (Å²) in [6, 6.07) is 5.19. The highest BCUT2D eigenvalue weighted by Gasteiger charge is 2.05. The maximum Gasteiger partial charge on any atom is 0.299 e. The van der Waals surface area contributed by atoms with Crippen LogP contribution in [0, 0.1) is 0 Å². The first-order valence-corrected chi connectivity index (χ1v) is 5.05. The van der Waals surface area contributed by atoms with E-state index in [0.29, 0.717) is 22.4 Å². The van der Waals surface area contributed by atoms with E-state index in [1.807, 2.05) is 0 Å². The predicted molar refractivity (Wildman–Crippen MR) is 57.4 cm³/mol. The zero-order valence-electron chi connectivity index (χ0n) is 8.01. The van der Waals surface area contributed by atoms with Gasteiger partial charge in [0, 0.05) is 6.07 Å². The molecule has 2 N–H and O–H groups in total.